The lowest BCUT2D eigenvalue weighted by atomic mass is 10.1. The third-order valence-corrected chi connectivity index (χ3v) is 7.27. The molecule has 0 spiro atoms. The largest absolute Gasteiger partial charge is 0.463 e. The molecule has 2 unspecified atom stereocenters. The molecule has 6 nitrogen and oxygen atoms in total. The van der Waals surface area contributed by atoms with Crippen molar-refractivity contribution in [1.29, 1.82) is 0 Å². The molecule has 4 aromatic rings. The van der Waals surface area contributed by atoms with E-state index in [9.17, 15) is 0 Å². The average molecular weight is 466 g/mol. The summed E-state index contributed by atoms with van der Waals surface area (Å²) in [5, 5.41) is 5.98. The van der Waals surface area contributed by atoms with Crippen LogP contribution < -0.4 is 10.1 Å². The number of hydrogen-bond acceptors (Lipinski definition) is 7. The molecule has 0 aliphatic heterocycles. The molecule has 32 heavy (non-hydrogen) atoms. The molecule has 0 amide bonds. The number of fused-ring (bicyclic) bond motifs is 1. The molecule has 164 valence electrons. The monoisotopic (exact) mass is 465 g/mol. The lowest BCUT2D eigenvalue weighted by Gasteiger charge is -2.11. The zero-order valence-electron chi connectivity index (χ0n) is 18.2. The van der Waals surface area contributed by atoms with Gasteiger partial charge in [-0.3, -0.25) is 4.98 Å². The number of pyridine rings is 1. The van der Waals surface area contributed by atoms with Gasteiger partial charge in [-0.05, 0) is 39.3 Å². The molecule has 0 saturated heterocycles. The van der Waals surface area contributed by atoms with Crippen LogP contribution in [0.5, 0.6) is 6.01 Å². The fourth-order valence-corrected chi connectivity index (χ4v) is 4.91. The van der Waals surface area contributed by atoms with Crippen LogP contribution in [0.4, 0.5) is 5.82 Å². The van der Waals surface area contributed by atoms with E-state index in [1.807, 2.05) is 32.9 Å². The highest BCUT2D eigenvalue weighted by atomic mass is 35.5. The molecule has 1 N–H and O–H groups in total. The maximum atomic E-state index is 6.36. The van der Waals surface area contributed by atoms with Gasteiger partial charge in [-0.1, -0.05) is 35.9 Å². The van der Waals surface area contributed by atoms with Gasteiger partial charge in [0.25, 0.3) is 0 Å². The van der Waals surface area contributed by atoms with E-state index in [2.05, 4.69) is 44.5 Å². The number of para-hydroxylation sites is 1. The summed E-state index contributed by atoms with van der Waals surface area (Å²) in [6.45, 7) is 7.12. The quantitative estimate of drug-likeness (QED) is 0.345. The Bertz CT molecular complexity index is 1290. The molecule has 5 rings (SSSR count). The Balaban J connectivity index is 1.23. The number of halogens is 1. The van der Waals surface area contributed by atoms with Crippen molar-refractivity contribution < 1.29 is 4.74 Å². The highest BCUT2D eigenvalue weighted by Gasteiger charge is 2.40. The van der Waals surface area contributed by atoms with E-state index >= 15 is 0 Å². The standard InChI is InChI=1S/C24H24ClN5OS/c1-13-22(25)29-24(30-23(13)26-11-21-14(2)27-15(3)32-21)31-12-17-10-18(17)20-9-8-16-6-4-5-7-19(16)28-20/h4-9,17-18H,10-12H2,1-3H3,(H,26,29,30). The van der Waals surface area contributed by atoms with Crippen molar-refractivity contribution in [2.24, 2.45) is 5.92 Å². The summed E-state index contributed by atoms with van der Waals surface area (Å²) >= 11 is 8.04. The second-order valence-electron chi connectivity index (χ2n) is 8.21. The smallest absolute Gasteiger partial charge is 0.319 e. The molecule has 1 fully saturated rings. The Labute approximate surface area is 196 Å². The zero-order chi connectivity index (χ0) is 22.2. The topological polar surface area (TPSA) is 72.8 Å². The third kappa shape index (κ3) is 4.40. The number of hydrogen-bond donors (Lipinski definition) is 1. The summed E-state index contributed by atoms with van der Waals surface area (Å²) in [5.74, 6) is 1.51. The molecular formula is C24H24ClN5OS. The molecular weight excluding hydrogens is 442 g/mol. The summed E-state index contributed by atoms with van der Waals surface area (Å²) < 4.78 is 5.94. The molecule has 1 saturated carbocycles. The first-order valence-electron chi connectivity index (χ1n) is 10.7. The van der Waals surface area contributed by atoms with Crippen LogP contribution in [0.15, 0.2) is 36.4 Å². The van der Waals surface area contributed by atoms with Crippen LogP contribution in [-0.4, -0.2) is 26.5 Å². The molecule has 2 atom stereocenters. The van der Waals surface area contributed by atoms with Gasteiger partial charge in [-0.15, -0.1) is 11.3 Å². The van der Waals surface area contributed by atoms with Gasteiger partial charge in [0.05, 0.1) is 29.4 Å². The van der Waals surface area contributed by atoms with Crippen molar-refractivity contribution in [3.05, 3.63) is 68.4 Å². The van der Waals surface area contributed by atoms with E-state index in [4.69, 9.17) is 21.3 Å². The number of rotatable bonds is 7. The highest BCUT2D eigenvalue weighted by molar-refractivity contribution is 7.11. The van der Waals surface area contributed by atoms with Crippen molar-refractivity contribution in [2.75, 3.05) is 11.9 Å². The SMILES string of the molecule is Cc1nc(C)c(CNc2nc(OCC3CC3c3ccc4ccccc4n3)nc(Cl)c2C)s1. The first kappa shape index (κ1) is 21.1. The number of anilines is 1. The van der Waals surface area contributed by atoms with Crippen LogP contribution in [0, 0.1) is 26.7 Å². The molecule has 3 heterocycles. The fraction of sp³-hybridized carbons (Fsp3) is 0.333. The minimum atomic E-state index is 0.303. The molecule has 8 heteroatoms. The van der Waals surface area contributed by atoms with E-state index in [1.54, 1.807) is 11.3 Å². The number of aromatic nitrogens is 4. The summed E-state index contributed by atoms with van der Waals surface area (Å²) in [5.41, 5.74) is 4.00. The molecule has 1 aliphatic carbocycles. The summed E-state index contributed by atoms with van der Waals surface area (Å²) in [4.78, 5) is 19.4. The van der Waals surface area contributed by atoms with E-state index < -0.39 is 0 Å². The lowest BCUT2D eigenvalue weighted by Crippen LogP contribution is -2.09. The molecule has 0 bridgehead atoms. The Morgan fingerprint density at radius 1 is 1.06 bits per heavy atom. The van der Waals surface area contributed by atoms with Crippen LogP contribution in [0.3, 0.4) is 0 Å². The maximum absolute atomic E-state index is 6.36. The maximum Gasteiger partial charge on any atom is 0.319 e. The molecule has 0 radical (unpaired) electrons. The minimum Gasteiger partial charge on any atom is -0.463 e. The van der Waals surface area contributed by atoms with Crippen molar-refractivity contribution >= 4 is 39.7 Å². The number of ether oxygens (including phenoxy) is 1. The number of benzene rings is 1. The summed E-state index contributed by atoms with van der Waals surface area (Å²) in [6, 6.07) is 12.8. The molecule has 1 aliphatic rings. The summed E-state index contributed by atoms with van der Waals surface area (Å²) in [7, 11) is 0. The van der Waals surface area contributed by atoms with E-state index in [0.717, 1.165) is 39.3 Å². The van der Waals surface area contributed by atoms with Crippen molar-refractivity contribution in [1.82, 2.24) is 19.9 Å². The molecule has 3 aromatic heterocycles. The zero-order valence-corrected chi connectivity index (χ0v) is 19.8. The molecule has 1 aromatic carbocycles. The Hall–Kier alpha value is -2.77. The van der Waals surface area contributed by atoms with Crippen molar-refractivity contribution in [3.63, 3.8) is 0 Å². The normalized spacial score (nSPS) is 17.5. The highest BCUT2D eigenvalue weighted by Crippen LogP contribution is 2.47. The van der Waals surface area contributed by atoms with Gasteiger partial charge < -0.3 is 10.1 Å². The second kappa shape index (κ2) is 8.64. The average Bonchev–Trinajstić information content (AvgIpc) is 3.49. The predicted molar refractivity (Wildman–Crippen MR) is 129 cm³/mol. The second-order valence-corrected chi connectivity index (χ2v) is 9.85. The van der Waals surface area contributed by atoms with E-state index in [1.165, 1.54) is 4.88 Å². The predicted octanol–water partition coefficient (Wildman–Crippen LogP) is 5.85. The van der Waals surface area contributed by atoms with Crippen LogP contribution in [0.25, 0.3) is 10.9 Å². The van der Waals surface area contributed by atoms with Gasteiger partial charge in [-0.25, -0.2) is 4.98 Å². The van der Waals surface area contributed by atoms with Crippen LogP contribution in [-0.2, 0) is 6.54 Å². The third-order valence-electron chi connectivity index (χ3n) is 5.83. The van der Waals surface area contributed by atoms with Gasteiger partial charge in [0.2, 0.25) is 0 Å². The minimum absolute atomic E-state index is 0.303. The Kier molecular flexibility index (Phi) is 5.69. The first-order valence-corrected chi connectivity index (χ1v) is 11.9. The van der Waals surface area contributed by atoms with Gasteiger partial charge in [0, 0.05) is 33.4 Å². The van der Waals surface area contributed by atoms with Crippen LogP contribution in [0.2, 0.25) is 5.15 Å². The van der Waals surface area contributed by atoms with Gasteiger partial charge in [-0.2, -0.15) is 9.97 Å². The fourth-order valence-electron chi connectivity index (χ4n) is 3.87. The van der Waals surface area contributed by atoms with Gasteiger partial charge in [0.15, 0.2) is 0 Å². The van der Waals surface area contributed by atoms with E-state index in [0.29, 0.717) is 42.0 Å². The first-order chi connectivity index (χ1) is 15.5. The van der Waals surface area contributed by atoms with Gasteiger partial charge >= 0.3 is 6.01 Å². The number of nitrogens with one attached hydrogen (secondary N) is 1. The Morgan fingerprint density at radius 3 is 2.72 bits per heavy atom. The lowest BCUT2D eigenvalue weighted by molar-refractivity contribution is 0.274. The van der Waals surface area contributed by atoms with Crippen LogP contribution in [0.1, 0.15) is 39.2 Å². The summed E-state index contributed by atoms with van der Waals surface area (Å²) in [6.07, 6.45) is 1.06. The van der Waals surface area contributed by atoms with Gasteiger partial charge in [0.1, 0.15) is 11.0 Å². The van der Waals surface area contributed by atoms with Crippen LogP contribution >= 0.6 is 22.9 Å². The van der Waals surface area contributed by atoms with Crippen molar-refractivity contribution in [3.8, 4) is 6.01 Å². The van der Waals surface area contributed by atoms with Crippen molar-refractivity contribution in [2.45, 2.75) is 39.7 Å². The van der Waals surface area contributed by atoms with E-state index in [-0.39, 0.29) is 0 Å². The number of thiazole rings is 1. The number of nitrogens with zero attached hydrogens (tertiary/aromatic N) is 4. The number of aryl methyl sites for hydroxylation is 2. The Morgan fingerprint density at radius 2 is 1.91 bits per heavy atom.